The van der Waals surface area contributed by atoms with E-state index in [0.717, 1.165) is 49.2 Å². The van der Waals surface area contributed by atoms with Crippen molar-refractivity contribution < 1.29 is 9.90 Å². The van der Waals surface area contributed by atoms with Crippen molar-refractivity contribution in [2.75, 3.05) is 31.1 Å². The van der Waals surface area contributed by atoms with Crippen molar-refractivity contribution in [3.05, 3.63) is 36.0 Å². The molecule has 0 radical (unpaired) electrons. The van der Waals surface area contributed by atoms with Gasteiger partial charge in [-0.15, -0.1) is 0 Å². The zero-order valence-electron chi connectivity index (χ0n) is 11.2. The normalized spacial score (nSPS) is 16.1. The van der Waals surface area contributed by atoms with E-state index < -0.39 is 5.97 Å². The Hall–Kier alpha value is -2.14. The zero-order valence-corrected chi connectivity index (χ0v) is 11.2. The number of carboxylic acids is 1. The van der Waals surface area contributed by atoms with E-state index in [9.17, 15) is 9.90 Å². The van der Waals surface area contributed by atoms with Gasteiger partial charge in [0.25, 0.3) is 0 Å². The highest BCUT2D eigenvalue weighted by atomic mass is 16.4. The van der Waals surface area contributed by atoms with Crippen molar-refractivity contribution >= 4 is 22.6 Å². The number of hydrogen-bond donors (Lipinski definition) is 2. The van der Waals surface area contributed by atoms with Crippen LogP contribution in [0.2, 0.25) is 0 Å². The fourth-order valence-corrected chi connectivity index (χ4v) is 2.59. The number of benzene rings is 1. The second-order valence-corrected chi connectivity index (χ2v) is 4.95. The first-order valence-electron chi connectivity index (χ1n) is 6.84. The van der Waals surface area contributed by atoms with Gasteiger partial charge in [-0.05, 0) is 24.4 Å². The molecule has 1 aliphatic heterocycles. The van der Waals surface area contributed by atoms with Crippen molar-refractivity contribution in [2.45, 2.75) is 6.42 Å². The van der Waals surface area contributed by atoms with Gasteiger partial charge in [0, 0.05) is 25.0 Å². The quantitative estimate of drug-likeness (QED) is 0.871. The molecule has 1 saturated heterocycles. The fraction of sp³-hybridized carbons (Fsp3) is 0.333. The first-order chi connectivity index (χ1) is 9.75. The summed E-state index contributed by atoms with van der Waals surface area (Å²) in [6.45, 7) is 3.63. The third-order valence-corrected chi connectivity index (χ3v) is 3.58. The van der Waals surface area contributed by atoms with E-state index in [1.807, 2.05) is 24.3 Å². The number of carboxylic acid groups (broad SMARTS) is 1. The maximum Gasteiger partial charge on any atom is 0.354 e. The van der Waals surface area contributed by atoms with Crippen LogP contribution in [0, 0.1) is 0 Å². The minimum Gasteiger partial charge on any atom is -0.477 e. The van der Waals surface area contributed by atoms with Crippen LogP contribution >= 0.6 is 0 Å². The van der Waals surface area contributed by atoms with Crippen LogP contribution in [0.4, 0.5) is 5.82 Å². The third-order valence-electron chi connectivity index (χ3n) is 3.58. The third kappa shape index (κ3) is 2.44. The first kappa shape index (κ1) is 12.9. The molecule has 0 amide bonds. The van der Waals surface area contributed by atoms with Crippen LogP contribution in [0.5, 0.6) is 0 Å². The molecule has 2 heterocycles. The number of aromatic carboxylic acids is 1. The summed E-state index contributed by atoms with van der Waals surface area (Å²) in [5.74, 6) is -0.200. The Bertz CT molecular complexity index is 634. The molecule has 20 heavy (non-hydrogen) atoms. The van der Waals surface area contributed by atoms with E-state index in [1.54, 1.807) is 6.07 Å². The van der Waals surface area contributed by atoms with E-state index in [4.69, 9.17) is 0 Å². The van der Waals surface area contributed by atoms with Gasteiger partial charge in [0.1, 0.15) is 5.82 Å². The highest BCUT2D eigenvalue weighted by Crippen LogP contribution is 2.26. The van der Waals surface area contributed by atoms with E-state index in [1.165, 1.54) is 0 Å². The molecule has 2 aromatic rings. The molecule has 0 atom stereocenters. The lowest BCUT2D eigenvalue weighted by Gasteiger charge is -2.23. The van der Waals surface area contributed by atoms with Gasteiger partial charge in [0.05, 0.1) is 0 Å². The molecule has 0 aliphatic carbocycles. The maximum atomic E-state index is 11.3. The summed E-state index contributed by atoms with van der Waals surface area (Å²) < 4.78 is 0. The number of nitrogens with one attached hydrogen (secondary N) is 1. The molecule has 1 aliphatic rings. The van der Waals surface area contributed by atoms with Crippen molar-refractivity contribution in [1.82, 2.24) is 10.3 Å². The minimum atomic E-state index is -0.982. The summed E-state index contributed by atoms with van der Waals surface area (Å²) in [5, 5.41) is 14.5. The Kier molecular flexibility index (Phi) is 3.52. The second-order valence-electron chi connectivity index (χ2n) is 4.95. The van der Waals surface area contributed by atoms with Crippen molar-refractivity contribution in [3.8, 4) is 0 Å². The minimum absolute atomic E-state index is 0.107. The largest absolute Gasteiger partial charge is 0.477 e. The standard InChI is InChI=1S/C15H17N3O2/c19-15(20)13-10-11-4-1-2-5-12(11)14(17-13)18-8-3-6-16-7-9-18/h1-2,4-5,10,16H,3,6-9H2,(H,19,20). The first-order valence-corrected chi connectivity index (χ1v) is 6.84. The summed E-state index contributed by atoms with van der Waals surface area (Å²) in [7, 11) is 0. The molecule has 5 nitrogen and oxygen atoms in total. The van der Waals surface area contributed by atoms with E-state index >= 15 is 0 Å². The highest BCUT2D eigenvalue weighted by molar-refractivity contribution is 5.98. The van der Waals surface area contributed by atoms with E-state index in [0.29, 0.717) is 0 Å². The molecule has 0 bridgehead atoms. The lowest BCUT2D eigenvalue weighted by Crippen LogP contribution is -2.29. The second kappa shape index (κ2) is 5.46. The molecular formula is C15H17N3O2. The van der Waals surface area contributed by atoms with Crippen molar-refractivity contribution in [1.29, 1.82) is 0 Å². The van der Waals surface area contributed by atoms with Crippen LogP contribution < -0.4 is 10.2 Å². The molecule has 104 valence electrons. The highest BCUT2D eigenvalue weighted by Gasteiger charge is 2.17. The number of fused-ring (bicyclic) bond motifs is 1. The topological polar surface area (TPSA) is 65.5 Å². The molecule has 0 spiro atoms. The SMILES string of the molecule is O=C(O)c1cc2ccccc2c(N2CCCNCC2)n1. The summed E-state index contributed by atoms with van der Waals surface area (Å²) in [4.78, 5) is 17.8. The Labute approximate surface area is 117 Å². The van der Waals surface area contributed by atoms with Crippen LogP contribution in [0.15, 0.2) is 30.3 Å². The molecule has 1 fully saturated rings. The Morgan fingerprint density at radius 3 is 2.95 bits per heavy atom. The number of carbonyl (C=O) groups is 1. The van der Waals surface area contributed by atoms with Gasteiger partial charge in [-0.25, -0.2) is 9.78 Å². The monoisotopic (exact) mass is 271 g/mol. The molecule has 0 saturated carbocycles. The van der Waals surface area contributed by atoms with Gasteiger partial charge in [-0.2, -0.15) is 0 Å². The van der Waals surface area contributed by atoms with E-state index in [2.05, 4.69) is 15.2 Å². The van der Waals surface area contributed by atoms with Gasteiger partial charge < -0.3 is 15.3 Å². The van der Waals surface area contributed by atoms with E-state index in [-0.39, 0.29) is 5.69 Å². The molecular weight excluding hydrogens is 254 g/mol. The lowest BCUT2D eigenvalue weighted by atomic mass is 10.1. The number of pyridine rings is 1. The summed E-state index contributed by atoms with van der Waals surface area (Å²) in [6.07, 6.45) is 1.04. The van der Waals surface area contributed by atoms with Gasteiger partial charge in [0.15, 0.2) is 5.69 Å². The van der Waals surface area contributed by atoms with Crippen molar-refractivity contribution in [2.24, 2.45) is 0 Å². The average Bonchev–Trinajstić information content (AvgIpc) is 2.75. The molecule has 1 aromatic heterocycles. The number of aromatic nitrogens is 1. The molecule has 2 N–H and O–H groups in total. The molecule has 1 aromatic carbocycles. The summed E-state index contributed by atoms with van der Waals surface area (Å²) in [6, 6.07) is 9.45. The molecule has 5 heteroatoms. The van der Waals surface area contributed by atoms with Crippen LogP contribution in [-0.2, 0) is 0 Å². The van der Waals surface area contributed by atoms with Gasteiger partial charge in [-0.3, -0.25) is 0 Å². The van der Waals surface area contributed by atoms with Gasteiger partial charge in [0.2, 0.25) is 0 Å². The summed E-state index contributed by atoms with van der Waals surface area (Å²) >= 11 is 0. The zero-order chi connectivity index (χ0) is 13.9. The van der Waals surface area contributed by atoms with Gasteiger partial charge in [-0.1, -0.05) is 24.3 Å². The fourth-order valence-electron chi connectivity index (χ4n) is 2.59. The average molecular weight is 271 g/mol. The van der Waals surface area contributed by atoms with Crippen LogP contribution in [0.3, 0.4) is 0 Å². The Balaban J connectivity index is 2.13. The van der Waals surface area contributed by atoms with Gasteiger partial charge >= 0.3 is 5.97 Å². The predicted octanol–water partition coefficient (Wildman–Crippen LogP) is 1.73. The molecule has 0 unspecified atom stereocenters. The Morgan fingerprint density at radius 1 is 1.25 bits per heavy atom. The maximum absolute atomic E-state index is 11.3. The summed E-state index contributed by atoms with van der Waals surface area (Å²) in [5.41, 5.74) is 0.107. The Morgan fingerprint density at radius 2 is 2.10 bits per heavy atom. The number of hydrogen-bond acceptors (Lipinski definition) is 4. The van der Waals surface area contributed by atoms with Crippen LogP contribution in [0.25, 0.3) is 10.8 Å². The number of nitrogens with zero attached hydrogens (tertiary/aromatic N) is 2. The van der Waals surface area contributed by atoms with Crippen LogP contribution in [0.1, 0.15) is 16.9 Å². The van der Waals surface area contributed by atoms with Crippen LogP contribution in [-0.4, -0.2) is 42.2 Å². The smallest absolute Gasteiger partial charge is 0.354 e. The van der Waals surface area contributed by atoms with Crippen molar-refractivity contribution in [3.63, 3.8) is 0 Å². The number of anilines is 1. The molecule has 3 rings (SSSR count). The number of rotatable bonds is 2. The lowest BCUT2D eigenvalue weighted by molar-refractivity contribution is 0.0691. The predicted molar refractivity (Wildman–Crippen MR) is 78.4 cm³/mol.